The summed E-state index contributed by atoms with van der Waals surface area (Å²) in [5.41, 5.74) is 8.01. The summed E-state index contributed by atoms with van der Waals surface area (Å²) in [4.78, 5) is 0. The lowest BCUT2D eigenvalue weighted by atomic mass is 10.1. The molecule has 108 valence electrons. The van der Waals surface area contributed by atoms with Crippen molar-refractivity contribution in [2.75, 3.05) is 0 Å². The van der Waals surface area contributed by atoms with E-state index in [4.69, 9.17) is 15.7 Å². The highest BCUT2D eigenvalue weighted by Gasteiger charge is 2.08. The Bertz CT molecular complexity index is 662. The highest BCUT2D eigenvalue weighted by molar-refractivity contribution is 5.36. The SMILES string of the molecule is CC(N)Cc1cc(F)ccc1OCc1cccc(C#N)c1. The van der Waals surface area contributed by atoms with Gasteiger partial charge in [-0.3, -0.25) is 0 Å². The van der Waals surface area contributed by atoms with Crippen LogP contribution in [0.25, 0.3) is 0 Å². The van der Waals surface area contributed by atoms with E-state index in [1.807, 2.05) is 19.1 Å². The van der Waals surface area contributed by atoms with Crippen LogP contribution in [0.4, 0.5) is 4.39 Å². The van der Waals surface area contributed by atoms with Crippen molar-refractivity contribution in [2.24, 2.45) is 5.73 Å². The van der Waals surface area contributed by atoms with E-state index in [0.29, 0.717) is 24.3 Å². The second-order valence-electron chi connectivity index (χ2n) is 5.03. The van der Waals surface area contributed by atoms with Crippen molar-refractivity contribution >= 4 is 0 Å². The Labute approximate surface area is 123 Å². The monoisotopic (exact) mass is 284 g/mol. The van der Waals surface area contributed by atoms with Crippen molar-refractivity contribution in [2.45, 2.75) is 26.0 Å². The molecule has 2 N–H and O–H groups in total. The molecule has 1 atom stereocenters. The first-order chi connectivity index (χ1) is 10.1. The van der Waals surface area contributed by atoms with Gasteiger partial charge in [0.1, 0.15) is 18.2 Å². The van der Waals surface area contributed by atoms with E-state index in [2.05, 4.69) is 6.07 Å². The molecule has 0 fully saturated rings. The maximum Gasteiger partial charge on any atom is 0.123 e. The van der Waals surface area contributed by atoms with Gasteiger partial charge >= 0.3 is 0 Å². The fraction of sp³-hybridized carbons (Fsp3) is 0.235. The number of rotatable bonds is 5. The molecule has 0 saturated heterocycles. The first-order valence-corrected chi connectivity index (χ1v) is 6.74. The fourth-order valence-corrected chi connectivity index (χ4v) is 2.09. The van der Waals surface area contributed by atoms with Crippen molar-refractivity contribution in [3.63, 3.8) is 0 Å². The van der Waals surface area contributed by atoms with Crippen LogP contribution in [-0.4, -0.2) is 6.04 Å². The predicted molar refractivity (Wildman–Crippen MR) is 79.2 cm³/mol. The van der Waals surface area contributed by atoms with Gasteiger partial charge in [-0.25, -0.2) is 4.39 Å². The molecule has 0 heterocycles. The average molecular weight is 284 g/mol. The van der Waals surface area contributed by atoms with Crippen molar-refractivity contribution in [1.82, 2.24) is 0 Å². The third-order valence-electron chi connectivity index (χ3n) is 3.01. The summed E-state index contributed by atoms with van der Waals surface area (Å²) >= 11 is 0. The molecule has 1 unspecified atom stereocenters. The van der Waals surface area contributed by atoms with E-state index < -0.39 is 0 Å². The lowest BCUT2D eigenvalue weighted by molar-refractivity contribution is 0.302. The van der Waals surface area contributed by atoms with Gasteiger partial charge in [-0.15, -0.1) is 0 Å². The molecule has 0 aliphatic heterocycles. The Morgan fingerprint density at radius 1 is 1.29 bits per heavy atom. The Kier molecular flexibility index (Phi) is 4.91. The van der Waals surface area contributed by atoms with E-state index in [1.165, 1.54) is 12.1 Å². The van der Waals surface area contributed by atoms with Crippen LogP contribution in [-0.2, 0) is 13.0 Å². The van der Waals surface area contributed by atoms with Gasteiger partial charge in [-0.05, 0) is 54.8 Å². The molecule has 3 nitrogen and oxygen atoms in total. The molecule has 0 radical (unpaired) electrons. The van der Waals surface area contributed by atoms with Crippen molar-refractivity contribution in [1.29, 1.82) is 5.26 Å². The van der Waals surface area contributed by atoms with E-state index in [1.54, 1.807) is 18.2 Å². The number of hydrogen-bond acceptors (Lipinski definition) is 3. The quantitative estimate of drug-likeness (QED) is 0.917. The summed E-state index contributed by atoms with van der Waals surface area (Å²) in [6, 6.07) is 13.7. The first-order valence-electron chi connectivity index (χ1n) is 6.74. The summed E-state index contributed by atoms with van der Waals surface area (Å²) < 4.78 is 19.1. The van der Waals surface area contributed by atoms with E-state index in [0.717, 1.165) is 11.1 Å². The zero-order valence-corrected chi connectivity index (χ0v) is 11.8. The predicted octanol–water partition coefficient (Wildman–Crippen LogP) is 3.17. The molecule has 0 amide bonds. The molecule has 0 aliphatic carbocycles. The van der Waals surface area contributed by atoms with Gasteiger partial charge in [0.25, 0.3) is 0 Å². The van der Waals surface area contributed by atoms with Gasteiger partial charge < -0.3 is 10.5 Å². The number of nitrogens with zero attached hydrogens (tertiary/aromatic N) is 1. The average Bonchev–Trinajstić information content (AvgIpc) is 2.46. The van der Waals surface area contributed by atoms with Crippen molar-refractivity contribution in [3.8, 4) is 11.8 Å². The zero-order chi connectivity index (χ0) is 15.2. The maximum absolute atomic E-state index is 13.3. The number of hydrogen-bond donors (Lipinski definition) is 1. The lowest BCUT2D eigenvalue weighted by Crippen LogP contribution is -2.18. The largest absolute Gasteiger partial charge is 0.489 e. The molecule has 0 spiro atoms. The normalized spacial score (nSPS) is 11.7. The van der Waals surface area contributed by atoms with Crippen LogP contribution in [0.3, 0.4) is 0 Å². The highest BCUT2D eigenvalue weighted by atomic mass is 19.1. The van der Waals surface area contributed by atoms with Crippen LogP contribution in [0, 0.1) is 17.1 Å². The Balaban J connectivity index is 2.14. The molecule has 0 saturated carbocycles. The Morgan fingerprint density at radius 2 is 2.10 bits per heavy atom. The second kappa shape index (κ2) is 6.87. The first kappa shape index (κ1) is 15.0. The summed E-state index contributed by atoms with van der Waals surface area (Å²) in [7, 11) is 0. The van der Waals surface area contributed by atoms with Gasteiger partial charge in [0.15, 0.2) is 0 Å². The Morgan fingerprint density at radius 3 is 2.81 bits per heavy atom. The van der Waals surface area contributed by atoms with Crippen LogP contribution in [0.2, 0.25) is 0 Å². The minimum absolute atomic E-state index is 0.0731. The summed E-state index contributed by atoms with van der Waals surface area (Å²) in [6.07, 6.45) is 0.547. The summed E-state index contributed by atoms with van der Waals surface area (Å²) in [5, 5.41) is 8.87. The second-order valence-corrected chi connectivity index (χ2v) is 5.03. The van der Waals surface area contributed by atoms with Gasteiger partial charge in [-0.1, -0.05) is 12.1 Å². The van der Waals surface area contributed by atoms with E-state index >= 15 is 0 Å². The van der Waals surface area contributed by atoms with Crippen LogP contribution in [0.5, 0.6) is 5.75 Å². The van der Waals surface area contributed by atoms with E-state index in [-0.39, 0.29) is 11.9 Å². The number of halogens is 1. The number of nitrogens with two attached hydrogens (primary N) is 1. The number of ether oxygens (including phenoxy) is 1. The minimum Gasteiger partial charge on any atom is -0.489 e. The smallest absolute Gasteiger partial charge is 0.123 e. The molecule has 4 heteroatoms. The molecule has 2 rings (SSSR count). The standard InChI is InChI=1S/C17H17FN2O/c1-12(20)7-15-9-16(18)5-6-17(15)21-11-14-4-2-3-13(8-14)10-19/h2-6,8-9,12H,7,11,20H2,1H3. The molecular weight excluding hydrogens is 267 g/mol. The third kappa shape index (κ3) is 4.30. The van der Waals surface area contributed by atoms with Crippen LogP contribution >= 0.6 is 0 Å². The topological polar surface area (TPSA) is 59.0 Å². The van der Waals surface area contributed by atoms with Gasteiger partial charge in [0.05, 0.1) is 11.6 Å². The van der Waals surface area contributed by atoms with Gasteiger partial charge in [0, 0.05) is 6.04 Å². The number of nitriles is 1. The van der Waals surface area contributed by atoms with Crippen LogP contribution < -0.4 is 10.5 Å². The molecule has 0 bridgehead atoms. The highest BCUT2D eigenvalue weighted by Crippen LogP contribution is 2.22. The maximum atomic E-state index is 13.3. The number of benzene rings is 2. The minimum atomic E-state index is -0.301. The van der Waals surface area contributed by atoms with E-state index in [9.17, 15) is 4.39 Å². The summed E-state index contributed by atoms with van der Waals surface area (Å²) in [5.74, 6) is 0.320. The molecule has 2 aromatic carbocycles. The van der Waals surface area contributed by atoms with Crippen molar-refractivity contribution in [3.05, 3.63) is 65.0 Å². The Hall–Kier alpha value is -2.38. The zero-order valence-electron chi connectivity index (χ0n) is 11.8. The van der Waals surface area contributed by atoms with Gasteiger partial charge in [0.2, 0.25) is 0 Å². The van der Waals surface area contributed by atoms with Crippen LogP contribution in [0.15, 0.2) is 42.5 Å². The van der Waals surface area contributed by atoms with Gasteiger partial charge in [-0.2, -0.15) is 5.26 Å². The molecule has 21 heavy (non-hydrogen) atoms. The molecule has 2 aromatic rings. The van der Waals surface area contributed by atoms with Crippen LogP contribution in [0.1, 0.15) is 23.6 Å². The fourth-order valence-electron chi connectivity index (χ4n) is 2.09. The van der Waals surface area contributed by atoms with Crippen molar-refractivity contribution < 1.29 is 9.13 Å². The summed E-state index contributed by atoms with van der Waals surface area (Å²) in [6.45, 7) is 2.19. The third-order valence-corrected chi connectivity index (χ3v) is 3.01. The molecule has 0 aromatic heterocycles. The lowest BCUT2D eigenvalue weighted by Gasteiger charge is -2.13. The molecular formula is C17H17FN2O. The molecule has 0 aliphatic rings.